The number of aliphatic imine (C=N–C) groups is 1. The predicted molar refractivity (Wildman–Crippen MR) is 57.9 cm³/mol. The van der Waals surface area contributed by atoms with Gasteiger partial charge in [-0.2, -0.15) is 0 Å². The maximum atomic E-state index is 11.2. The molecule has 0 N–H and O–H groups in total. The second-order valence-electron chi connectivity index (χ2n) is 4.43. The van der Waals surface area contributed by atoms with E-state index in [4.69, 9.17) is 9.47 Å². The summed E-state index contributed by atoms with van der Waals surface area (Å²) in [5.41, 5.74) is -0.139. The average Bonchev–Trinajstić information content (AvgIpc) is 1.99. The van der Waals surface area contributed by atoms with Crippen molar-refractivity contribution >= 4 is 11.9 Å². The topological polar surface area (TPSA) is 47.9 Å². The summed E-state index contributed by atoms with van der Waals surface area (Å²) in [5, 5.41) is 0. The minimum atomic E-state index is -0.277. The van der Waals surface area contributed by atoms with Gasteiger partial charge in [0, 0.05) is 6.42 Å². The highest BCUT2D eigenvalue weighted by molar-refractivity contribution is 5.94. The Hall–Kier alpha value is -1.06. The van der Waals surface area contributed by atoms with E-state index in [9.17, 15) is 4.79 Å². The molecule has 0 saturated heterocycles. The molecule has 0 radical (unpaired) electrons. The summed E-state index contributed by atoms with van der Waals surface area (Å²) in [4.78, 5) is 15.6. The van der Waals surface area contributed by atoms with Crippen molar-refractivity contribution in [3.63, 3.8) is 0 Å². The highest BCUT2D eigenvalue weighted by atomic mass is 16.5. The Morgan fingerprint density at radius 1 is 1.67 bits per heavy atom. The zero-order valence-corrected chi connectivity index (χ0v) is 9.87. The second kappa shape index (κ2) is 4.64. The lowest BCUT2D eigenvalue weighted by Gasteiger charge is -2.31. The van der Waals surface area contributed by atoms with Gasteiger partial charge in [-0.05, 0) is 27.7 Å². The molecule has 1 aliphatic rings. The SMILES string of the molecule is CCOC(=O)CC1=NC(C)(C)C[C@@H](C)O1. The minimum Gasteiger partial charge on any atom is -0.477 e. The zero-order chi connectivity index (χ0) is 11.5. The van der Waals surface area contributed by atoms with E-state index in [1.165, 1.54) is 0 Å². The Morgan fingerprint density at radius 2 is 2.33 bits per heavy atom. The molecule has 0 bridgehead atoms. The van der Waals surface area contributed by atoms with E-state index in [1.807, 2.05) is 20.8 Å². The van der Waals surface area contributed by atoms with Crippen LogP contribution in [0, 0.1) is 0 Å². The second-order valence-corrected chi connectivity index (χ2v) is 4.43. The number of hydrogen-bond donors (Lipinski definition) is 0. The van der Waals surface area contributed by atoms with Crippen molar-refractivity contribution in [3.05, 3.63) is 0 Å². The fourth-order valence-corrected chi connectivity index (χ4v) is 1.80. The Bertz CT molecular complexity index is 271. The van der Waals surface area contributed by atoms with Crippen LogP contribution in [0.5, 0.6) is 0 Å². The summed E-state index contributed by atoms with van der Waals surface area (Å²) in [5.74, 6) is 0.221. The molecule has 0 unspecified atom stereocenters. The number of hydrogen-bond acceptors (Lipinski definition) is 4. The van der Waals surface area contributed by atoms with Crippen LogP contribution >= 0.6 is 0 Å². The third-order valence-corrected chi connectivity index (χ3v) is 2.15. The van der Waals surface area contributed by atoms with Crippen molar-refractivity contribution in [1.82, 2.24) is 0 Å². The first-order chi connectivity index (χ1) is 6.93. The summed E-state index contributed by atoms with van der Waals surface area (Å²) in [6, 6.07) is 0. The average molecular weight is 213 g/mol. The molecule has 4 heteroatoms. The molecular weight excluding hydrogens is 194 g/mol. The maximum absolute atomic E-state index is 11.2. The summed E-state index contributed by atoms with van der Waals surface area (Å²) in [6.45, 7) is 8.25. The largest absolute Gasteiger partial charge is 0.477 e. The lowest BCUT2D eigenvalue weighted by atomic mass is 9.97. The third-order valence-electron chi connectivity index (χ3n) is 2.15. The van der Waals surface area contributed by atoms with Crippen LogP contribution in [0.1, 0.15) is 40.5 Å². The highest BCUT2D eigenvalue weighted by Gasteiger charge is 2.28. The normalized spacial score (nSPS) is 24.0. The number of esters is 1. The smallest absolute Gasteiger partial charge is 0.315 e. The van der Waals surface area contributed by atoms with Gasteiger partial charge in [0.25, 0.3) is 0 Å². The van der Waals surface area contributed by atoms with E-state index in [0.29, 0.717) is 12.5 Å². The van der Waals surface area contributed by atoms with Crippen LogP contribution in [-0.2, 0) is 14.3 Å². The van der Waals surface area contributed by atoms with E-state index in [1.54, 1.807) is 6.92 Å². The van der Waals surface area contributed by atoms with E-state index in [2.05, 4.69) is 4.99 Å². The number of rotatable bonds is 3. The van der Waals surface area contributed by atoms with Gasteiger partial charge in [0.05, 0.1) is 18.2 Å². The number of ether oxygens (including phenoxy) is 2. The van der Waals surface area contributed by atoms with Gasteiger partial charge >= 0.3 is 5.97 Å². The van der Waals surface area contributed by atoms with Crippen molar-refractivity contribution < 1.29 is 14.3 Å². The first-order valence-electron chi connectivity index (χ1n) is 5.34. The third kappa shape index (κ3) is 3.90. The molecule has 15 heavy (non-hydrogen) atoms. The molecule has 1 atom stereocenters. The van der Waals surface area contributed by atoms with Gasteiger partial charge in [-0.1, -0.05) is 0 Å². The number of nitrogens with zero attached hydrogens (tertiary/aromatic N) is 1. The van der Waals surface area contributed by atoms with Gasteiger partial charge in [-0.25, -0.2) is 4.99 Å². The Kier molecular flexibility index (Phi) is 3.72. The molecule has 1 heterocycles. The van der Waals surface area contributed by atoms with Crippen molar-refractivity contribution in [2.45, 2.75) is 52.2 Å². The van der Waals surface area contributed by atoms with Crippen LogP contribution in [-0.4, -0.2) is 30.1 Å². The maximum Gasteiger partial charge on any atom is 0.315 e. The molecule has 0 saturated carbocycles. The predicted octanol–water partition coefficient (Wildman–Crippen LogP) is 1.93. The molecule has 0 spiro atoms. The minimum absolute atomic E-state index is 0.113. The molecule has 0 fully saturated rings. The molecule has 1 aliphatic heterocycles. The molecule has 86 valence electrons. The quantitative estimate of drug-likeness (QED) is 0.673. The molecule has 4 nitrogen and oxygen atoms in total. The van der Waals surface area contributed by atoms with Crippen LogP contribution in [0.15, 0.2) is 4.99 Å². The fraction of sp³-hybridized carbons (Fsp3) is 0.818. The molecule has 0 aromatic rings. The van der Waals surface area contributed by atoms with Crippen molar-refractivity contribution in [3.8, 4) is 0 Å². The Labute approximate surface area is 90.7 Å². The monoisotopic (exact) mass is 213 g/mol. The van der Waals surface area contributed by atoms with Gasteiger partial charge in [0.2, 0.25) is 0 Å². The summed E-state index contributed by atoms with van der Waals surface area (Å²) in [7, 11) is 0. The van der Waals surface area contributed by atoms with Gasteiger partial charge < -0.3 is 9.47 Å². The lowest BCUT2D eigenvalue weighted by Crippen LogP contribution is -2.34. The first-order valence-corrected chi connectivity index (χ1v) is 5.34. The van der Waals surface area contributed by atoms with Crippen LogP contribution in [0.2, 0.25) is 0 Å². The molecule has 0 aromatic heterocycles. The molecule has 0 aliphatic carbocycles. The van der Waals surface area contributed by atoms with E-state index >= 15 is 0 Å². The fourth-order valence-electron chi connectivity index (χ4n) is 1.80. The molecule has 0 amide bonds. The molecular formula is C11H19NO3. The van der Waals surface area contributed by atoms with Crippen molar-refractivity contribution in [2.75, 3.05) is 6.61 Å². The Morgan fingerprint density at radius 3 is 2.87 bits per heavy atom. The van der Waals surface area contributed by atoms with Crippen LogP contribution in [0.25, 0.3) is 0 Å². The molecule has 0 aromatic carbocycles. The van der Waals surface area contributed by atoms with Crippen LogP contribution in [0.4, 0.5) is 0 Å². The standard InChI is InChI=1S/C11H19NO3/c1-5-14-10(13)6-9-12-11(3,4)7-8(2)15-9/h8H,5-7H2,1-4H3/t8-/m1/s1. The van der Waals surface area contributed by atoms with Gasteiger partial charge in [0.1, 0.15) is 6.42 Å². The van der Waals surface area contributed by atoms with Gasteiger partial charge in [0.15, 0.2) is 5.90 Å². The van der Waals surface area contributed by atoms with E-state index < -0.39 is 0 Å². The van der Waals surface area contributed by atoms with Crippen LogP contribution < -0.4 is 0 Å². The summed E-state index contributed by atoms with van der Waals surface area (Å²) >= 11 is 0. The van der Waals surface area contributed by atoms with Gasteiger partial charge in [-0.3, -0.25) is 4.79 Å². The highest BCUT2D eigenvalue weighted by Crippen LogP contribution is 2.24. The van der Waals surface area contributed by atoms with Crippen LogP contribution in [0.3, 0.4) is 0 Å². The van der Waals surface area contributed by atoms with E-state index in [0.717, 1.165) is 6.42 Å². The first kappa shape index (κ1) is 12.0. The van der Waals surface area contributed by atoms with Gasteiger partial charge in [-0.15, -0.1) is 0 Å². The summed E-state index contributed by atoms with van der Waals surface area (Å²) in [6.07, 6.45) is 1.13. The molecule has 1 rings (SSSR count). The van der Waals surface area contributed by atoms with Crippen molar-refractivity contribution in [2.24, 2.45) is 4.99 Å². The number of carbonyl (C=O) groups excluding carboxylic acids is 1. The number of carbonyl (C=O) groups is 1. The lowest BCUT2D eigenvalue weighted by molar-refractivity contribution is -0.142. The van der Waals surface area contributed by atoms with Crippen molar-refractivity contribution in [1.29, 1.82) is 0 Å². The Balaban J connectivity index is 2.61. The summed E-state index contributed by atoms with van der Waals surface area (Å²) < 4.78 is 10.3. The van der Waals surface area contributed by atoms with E-state index in [-0.39, 0.29) is 24.0 Å². The zero-order valence-electron chi connectivity index (χ0n) is 9.87.